The fraction of sp³-hybridized carbons (Fsp3) is 0.472. The fourth-order valence-corrected chi connectivity index (χ4v) is 13.0. The van der Waals surface area contributed by atoms with Crippen LogP contribution in [0.5, 0.6) is 0 Å². The van der Waals surface area contributed by atoms with Crippen molar-refractivity contribution in [3.05, 3.63) is 119 Å². The van der Waals surface area contributed by atoms with Gasteiger partial charge in [-0.25, -0.2) is 9.59 Å². The van der Waals surface area contributed by atoms with Gasteiger partial charge in [-0.3, -0.25) is 28.8 Å². The highest BCUT2D eigenvalue weighted by Gasteiger charge is 2.79. The Morgan fingerprint density at radius 2 is 1.45 bits per heavy atom. The first-order valence-electron chi connectivity index (χ1n) is 23.9. The molecule has 0 spiro atoms. The summed E-state index contributed by atoms with van der Waals surface area (Å²) in [7, 11) is 2.30. The average Bonchev–Trinajstić information content (AvgIpc) is 3.36. The van der Waals surface area contributed by atoms with Crippen molar-refractivity contribution in [2.24, 2.45) is 22.5 Å². The third-order valence-corrected chi connectivity index (χ3v) is 17.2. The Bertz CT molecular complexity index is 2670. The molecule has 3 aromatic rings. The molecule has 3 fully saturated rings. The smallest absolute Gasteiger partial charge is 0.338 e. The Balaban J connectivity index is 1.37. The number of carboxylic acids is 1. The minimum absolute atomic E-state index is 0.0153. The molecule has 6 N–H and O–H groups in total. The van der Waals surface area contributed by atoms with E-state index in [0.717, 1.165) is 24.6 Å². The van der Waals surface area contributed by atoms with E-state index in [2.05, 4.69) is 5.32 Å². The molecule has 19 nitrogen and oxygen atoms in total. The number of benzene rings is 3. The highest BCUT2D eigenvalue weighted by molar-refractivity contribution is 8.76. The minimum atomic E-state index is -2.50. The molecule has 12 atom stereocenters. The monoisotopic (exact) mass is 1060 g/mol. The summed E-state index contributed by atoms with van der Waals surface area (Å²) in [6.45, 7) is 7.76. The number of carbonyl (C=O) groups is 8. The van der Waals surface area contributed by atoms with E-state index in [1.807, 2.05) is 0 Å². The first-order chi connectivity index (χ1) is 35.0. The number of carboxylic acid groups (broad SMARTS) is 1. The van der Waals surface area contributed by atoms with Gasteiger partial charge in [-0.05, 0) is 54.8 Å². The van der Waals surface area contributed by atoms with E-state index in [1.165, 1.54) is 50.6 Å². The predicted molar refractivity (Wildman–Crippen MR) is 267 cm³/mol. The standard InChI is InChI=1S/C53H60N2O17S2/c1-28-35(69-49(65)41(59)40(31-16-10-7-11-17-31)55-46(61)32-18-12-8-13-19-32)25-53(66)45(71-48(64)33-20-14-9-15-21-33)43-51(6,44(60)42(68-29(2)56)39(28)50(53,4)5)36(24-37-52(43,27-67-37)72-30(3)57)70-38(58)22-23-73-74-26-34(54)47(62)63/h7-21,34-37,40-43,45,59,66H,22-27,54H2,1-6H3,(H,55,61)(H,62,63)/t34?,35-,36-,37+,40-,41+,42+,43?,45-,51+,52-,53+/m0/s1. The van der Waals surface area contributed by atoms with Crippen LogP contribution in [0.1, 0.15) is 93.1 Å². The molecular formula is C53H60N2O17S2. The molecule has 1 saturated heterocycles. The number of esters is 5. The van der Waals surface area contributed by atoms with Gasteiger partial charge in [0.2, 0.25) is 0 Å². The second-order valence-electron chi connectivity index (χ2n) is 19.6. The van der Waals surface area contributed by atoms with Crippen molar-refractivity contribution in [3.63, 3.8) is 0 Å². The molecule has 4 aliphatic rings. The topological polar surface area (TPSA) is 291 Å². The predicted octanol–water partition coefficient (Wildman–Crippen LogP) is 4.47. The number of ketones is 1. The third kappa shape index (κ3) is 10.7. The zero-order valence-electron chi connectivity index (χ0n) is 41.6. The van der Waals surface area contributed by atoms with Crippen molar-refractivity contribution in [1.82, 2.24) is 5.32 Å². The van der Waals surface area contributed by atoms with Crippen LogP contribution in [0, 0.1) is 16.7 Å². The number of nitrogens with two attached hydrogens (primary N) is 1. The van der Waals surface area contributed by atoms with E-state index in [9.17, 15) is 48.9 Å². The van der Waals surface area contributed by atoms with Crippen LogP contribution < -0.4 is 11.1 Å². The van der Waals surface area contributed by atoms with Crippen molar-refractivity contribution in [2.75, 3.05) is 18.1 Å². The third-order valence-electron chi connectivity index (χ3n) is 14.8. The number of amides is 1. The summed E-state index contributed by atoms with van der Waals surface area (Å²) in [5.74, 6) is -9.10. The number of fused-ring (bicyclic) bond motifs is 5. The molecule has 396 valence electrons. The van der Waals surface area contributed by atoms with Gasteiger partial charge in [-0.15, -0.1) is 0 Å². The Morgan fingerprint density at radius 3 is 2.01 bits per heavy atom. The zero-order chi connectivity index (χ0) is 53.9. The number of rotatable bonds is 18. The summed E-state index contributed by atoms with van der Waals surface area (Å²) in [5, 5.41) is 37.9. The number of aliphatic hydroxyl groups is 2. The molecule has 0 aromatic heterocycles. The SMILES string of the molecule is CC(=O)O[C@H]1C(=O)[C@@]2(C)C([C@H](OC(=O)c3ccccc3)[C@]3(O)C[C@H](OC(=O)[C@H](O)[C@@H](NC(=O)c4ccccc4)c4ccccc4)C(C)=C1C3(C)C)[C@]1(OC(C)=O)CO[C@@H]1C[C@@H]2OC(=O)CCSSCC(N)C(=O)O. The molecule has 21 heteroatoms. The van der Waals surface area contributed by atoms with Gasteiger partial charge >= 0.3 is 35.8 Å². The maximum Gasteiger partial charge on any atom is 0.338 e. The van der Waals surface area contributed by atoms with Crippen LogP contribution in [-0.2, 0) is 57.2 Å². The number of carbonyl (C=O) groups excluding carboxylic acids is 7. The Hall–Kier alpha value is -6.10. The maximum absolute atomic E-state index is 16.2. The quantitative estimate of drug-likeness (QED) is 0.0386. The maximum atomic E-state index is 16.2. The first kappa shape index (κ1) is 55.6. The lowest BCUT2D eigenvalue weighted by molar-refractivity contribution is -0.346. The van der Waals surface area contributed by atoms with Crippen LogP contribution in [0.25, 0.3) is 0 Å². The van der Waals surface area contributed by atoms with E-state index in [0.29, 0.717) is 5.56 Å². The van der Waals surface area contributed by atoms with Gasteiger partial charge in [0, 0.05) is 49.2 Å². The number of nitrogens with one attached hydrogen (secondary N) is 1. The summed E-state index contributed by atoms with van der Waals surface area (Å²) in [5.41, 5.74) is -2.09. The molecule has 7 rings (SSSR count). The van der Waals surface area contributed by atoms with E-state index in [1.54, 1.807) is 78.9 Å². The van der Waals surface area contributed by atoms with Crippen molar-refractivity contribution in [1.29, 1.82) is 0 Å². The van der Waals surface area contributed by atoms with Gasteiger partial charge in [0.25, 0.3) is 5.91 Å². The molecular weight excluding hydrogens is 1000 g/mol. The zero-order valence-corrected chi connectivity index (χ0v) is 43.2. The summed E-state index contributed by atoms with van der Waals surface area (Å²) < 4.78 is 37.2. The molecule has 1 amide bonds. The molecule has 0 radical (unpaired) electrons. The summed E-state index contributed by atoms with van der Waals surface area (Å²) in [6, 6.07) is 21.5. The summed E-state index contributed by atoms with van der Waals surface area (Å²) in [4.78, 5) is 111. The van der Waals surface area contributed by atoms with Crippen LogP contribution in [-0.4, -0.2) is 135 Å². The van der Waals surface area contributed by atoms with Crippen LogP contribution in [0.15, 0.2) is 102 Å². The van der Waals surface area contributed by atoms with Crippen molar-refractivity contribution >= 4 is 69.1 Å². The molecule has 2 saturated carbocycles. The molecule has 2 bridgehead atoms. The summed E-state index contributed by atoms with van der Waals surface area (Å²) >= 11 is 0. The lowest BCUT2D eigenvalue weighted by Gasteiger charge is -2.67. The number of Topliss-reactive ketones (excluding diaryl/α,β-unsaturated/α-hetero) is 1. The normalized spacial score (nSPS) is 28.9. The Kier molecular flexibility index (Phi) is 16.8. The lowest BCUT2D eigenvalue weighted by Crippen LogP contribution is -2.82. The van der Waals surface area contributed by atoms with Gasteiger partial charge in [-0.2, -0.15) is 0 Å². The van der Waals surface area contributed by atoms with Crippen LogP contribution in [0.2, 0.25) is 0 Å². The Morgan fingerprint density at radius 1 is 0.838 bits per heavy atom. The second kappa shape index (κ2) is 22.4. The number of aliphatic hydroxyl groups excluding tert-OH is 1. The van der Waals surface area contributed by atoms with Gasteiger partial charge in [-0.1, -0.05) is 102 Å². The van der Waals surface area contributed by atoms with Crippen LogP contribution >= 0.6 is 21.6 Å². The highest BCUT2D eigenvalue weighted by Crippen LogP contribution is 2.65. The highest BCUT2D eigenvalue weighted by atomic mass is 33.1. The largest absolute Gasteiger partial charge is 0.480 e. The van der Waals surface area contributed by atoms with Crippen molar-refractivity contribution in [3.8, 4) is 0 Å². The van der Waals surface area contributed by atoms with Crippen LogP contribution in [0.4, 0.5) is 0 Å². The van der Waals surface area contributed by atoms with Gasteiger partial charge < -0.3 is 54.8 Å². The first-order valence-corrected chi connectivity index (χ1v) is 26.4. The van der Waals surface area contributed by atoms with E-state index in [-0.39, 0.29) is 46.6 Å². The number of aliphatic carboxylic acids is 1. The van der Waals surface area contributed by atoms with E-state index >= 15 is 4.79 Å². The number of ether oxygens (including phenoxy) is 6. The fourth-order valence-electron chi connectivity index (χ4n) is 10.9. The summed E-state index contributed by atoms with van der Waals surface area (Å²) in [6.07, 6.45) is -11.3. The average molecular weight is 1060 g/mol. The molecule has 2 unspecified atom stereocenters. The number of hydrogen-bond donors (Lipinski definition) is 5. The minimum Gasteiger partial charge on any atom is -0.480 e. The van der Waals surface area contributed by atoms with E-state index in [4.69, 9.17) is 34.2 Å². The van der Waals surface area contributed by atoms with Crippen LogP contribution in [0.3, 0.4) is 0 Å². The van der Waals surface area contributed by atoms with Gasteiger partial charge in [0.1, 0.15) is 36.1 Å². The van der Waals surface area contributed by atoms with E-state index < -0.39 is 137 Å². The van der Waals surface area contributed by atoms with Gasteiger partial charge in [0.15, 0.2) is 23.6 Å². The second-order valence-corrected chi connectivity index (χ2v) is 22.2. The number of hydrogen-bond acceptors (Lipinski definition) is 19. The van der Waals surface area contributed by atoms with Gasteiger partial charge in [0.05, 0.1) is 36.0 Å². The van der Waals surface area contributed by atoms with Crippen molar-refractivity contribution in [2.45, 2.75) is 121 Å². The molecule has 74 heavy (non-hydrogen) atoms. The Labute approximate surface area is 434 Å². The molecule has 1 aliphatic heterocycles. The molecule has 3 aliphatic carbocycles. The lowest BCUT2D eigenvalue weighted by atomic mass is 9.44. The molecule has 1 heterocycles. The molecule has 3 aromatic carbocycles. The van der Waals surface area contributed by atoms with Crippen molar-refractivity contribution < 1.29 is 82.1 Å².